The van der Waals surface area contributed by atoms with E-state index in [0.29, 0.717) is 12.1 Å². The maximum atomic E-state index is 11.2. The summed E-state index contributed by atoms with van der Waals surface area (Å²) in [5, 5.41) is 10.3. The number of carboxylic acid groups (broad SMARTS) is 1. The van der Waals surface area contributed by atoms with Gasteiger partial charge in [-0.3, -0.25) is 0 Å². The first-order valence-corrected chi connectivity index (χ1v) is 6.14. The number of likely N-dealkylation sites (N-methyl/N-ethyl adjacent to an activating group) is 1. The minimum atomic E-state index is -0.869. The van der Waals surface area contributed by atoms with Crippen LogP contribution in [0.5, 0.6) is 0 Å². The lowest BCUT2D eigenvalue weighted by Crippen LogP contribution is -2.17. The molecule has 0 aliphatic carbocycles. The van der Waals surface area contributed by atoms with E-state index in [9.17, 15) is 9.90 Å². The Balaban J connectivity index is 2.53. The molecule has 19 heavy (non-hydrogen) atoms. The average Bonchev–Trinajstić information content (AvgIpc) is 2.81. The van der Waals surface area contributed by atoms with Gasteiger partial charge >= 0.3 is 5.97 Å². The predicted octanol–water partition coefficient (Wildman–Crippen LogP) is 2.59. The quantitative estimate of drug-likeness (QED) is 0.829. The predicted molar refractivity (Wildman–Crippen MR) is 77.1 cm³/mol. The third-order valence-electron chi connectivity index (χ3n) is 3.15. The first-order chi connectivity index (χ1) is 8.99. The first-order valence-electron chi connectivity index (χ1n) is 6.14. The summed E-state index contributed by atoms with van der Waals surface area (Å²) in [5.41, 5.74) is 3.26. The molecule has 0 atom stereocenters. The van der Waals surface area contributed by atoms with E-state index in [1.165, 1.54) is 0 Å². The highest BCUT2D eigenvalue weighted by molar-refractivity contribution is 5.97. The molecule has 0 aliphatic rings. The molecule has 100 valence electrons. The molecule has 1 aromatic heterocycles. The van der Waals surface area contributed by atoms with Gasteiger partial charge in [0.05, 0.1) is 0 Å². The third-order valence-corrected chi connectivity index (χ3v) is 3.15. The molecule has 0 radical (unpaired) electrons. The minimum Gasteiger partial charge on any atom is -0.478 e. The Morgan fingerprint density at radius 3 is 2.68 bits per heavy atom. The van der Waals surface area contributed by atoms with Crippen LogP contribution in [0, 0.1) is 0 Å². The lowest BCUT2D eigenvalue weighted by Gasteiger charge is -2.16. The molecule has 2 aromatic rings. The summed E-state index contributed by atoms with van der Waals surface area (Å²) >= 11 is 0. The number of carboxylic acids is 1. The van der Waals surface area contributed by atoms with Gasteiger partial charge in [-0.25, -0.2) is 4.79 Å². The average molecular weight is 258 g/mol. The van der Waals surface area contributed by atoms with Gasteiger partial charge in [0.2, 0.25) is 0 Å². The van der Waals surface area contributed by atoms with Gasteiger partial charge in [0.25, 0.3) is 0 Å². The normalized spacial score (nSPS) is 12.8. The number of H-pyrrole nitrogens is 1. The van der Waals surface area contributed by atoms with Gasteiger partial charge in [0.1, 0.15) is 0 Å². The number of nitrogens with one attached hydrogen (secondary N) is 1. The fraction of sp³-hybridized carbons (Fsp3) is 0.267. The maximum Gasteiger partial charge on any atom is 0.331 e. The van der Waals surface area contributed by atoms with Crippen molar-refractivity contribution in [3.63, 3.8) is 0 Å². The van der Waals surface area contributed by atoms with Gasteiger partial charge in [-0.1, -0.05) is 6.07 Å². The fourth-order valence-corrected chi connectivity index (χ4v) is 2.11. The van der Waals surface area contributed by atoms with Crippen molar-refractivity contribution in [1.82, 2.24) is 9.88 Å². The van der Waals surface area contributed by atoms with Crippen molar-refractivity contribution in [1.29, 1.82) is 0 Å². The molecule has 0 saturated carbocycles. The van der Waals surface area contributed by atoms with Crippen LogP contribution in [0.15, 0.2) is 36.0 Å². The van der Waals surface area contributed by atoms with Crippen molar-refractivity contribution in [2.45, 2.75) is 6.92 Å². The molecule has 0 fully saturated rings. The summed E-state index contributed by atoms with van der Waals surface area (Å²) in [6, 6.07) is 7.96. The molecule has 0 unspecified atom stereocenters. The number of aromatic nitrogens is 1. The first kappa shape index (κ1) is 13.4. The van der Waals surface area contributed by atoms with Crippen LogP contribution in [0.25, 0.3) is 16.5 Å². The molecular formula is C15H18N2O2. The van der Waals surface area contributed by atoms with Crippen LogP contribution in [0.4, 0.5) is 0 Å². The summed E-state index contributed by atoms with van der Waals surface area (Å²) in [6.07, 6.45) is 1.88. The summed E-state index contributed by atoms with van der Waals surface area (Å²) in [4.78, 5) is 16.3. The largest absolute Gasteiger partial charge is 0.478 e. The highest BCUT2D eigenvalue weighted by Gasteiger charge is 2.13. The SMILES string of the molecule is CC(C(=O)O)=C(CN(C)C)c1ccc2[nH]ccc2c1. The zero-order valence-electron chi connectivity index (χ0n) is 11.4. The van der Waals surface area contributed by atoms with Gasteiger partial charge in [0.15, 0.2) is 0 Å². The van der Waals surface area contributed by atoms with E-state index in [-0.39, 0.29) is 0 Å². The Kier molecular flexibility index (Phi) is 3.71. The molecule has 2 N–H and O–H groups in total. The lowest BCUT2D eigenvalue weighted by atomic mass is 9.99. The van der Waals surface area contributed by atoms with Crippen molar-refractivity contribution in [2.75, 3.05) is 20.6 Å². The van der Waals surface area contributed by atoms with Crippen LogP contribution in [0.3, 0.4) is 0 Å². The summed E-state index contributed by atoms with van der Waals surface area (Å²) in [5.74, 6) is -0.869. The van der Waals surface area contributed by atoms with Crippen molar-refractivity contribution in [3.05, 3.63) is 41.6 Å². The second kappa shape index (κ2) is 5.28. The number of hydrogen-bond acceptors (Lipinski definition) is 2. The molecule has 0 aliphatic heterocycles. The lowest BCUT2D eigenvalue weighted by molar-refractivity contribution is -0.132. The van der Waals surface area contributed by atoms with Crippen LogP contribution in [0.2, 0.25) is 0 Å². The smallest absolute Gasteiger partial charge is 0.331 e. The maximum absolute atomic E-state index is 11.2. The number of benzene rings is 1. The fourth-order valence-electron chi connectivity index (χ4n) is 2.11. The topological polar surface area (TPSA) is 56.3 Å². The Labute approximate surface area is 112 Å². The molecule has 1 heterocycles. The molecule has 2 rings (SSSR count). The van der Waals surface area contributed by atoms with Crippen LogP contribution >= 0.6 is 0 Å². The van der Waals surface area contributed by atoms with Crippen molar-refractivity contribution in [2.24, 2.45) is 0 Å². The number of fused-ring (bicyclic) bond motifs is 1. The minimum absolute atomic E-state index is 0.392. The van der Waals surface area contributed by atoms with Crippen molar-refractivity contribution in [3.8, 4) is 0 Å². The van der Waals surface area contributed by atoms with Crippen LogP contribution in [-0.2, 0) is 4.79 Å². The molecule has 1 aromatic carbocycles. The molecule has 0 saturated heterocycles. The number of rotatable bonds is 4. The number of aromatic amines is 1. The molecule has 0 amide bonds. The molecular weight excluding hydrogens is 240 g/mol. The molecule has 4 heteroatoms. The van der Waals surface area contributed by atoms with Gasteiger partial charge in [-0.2, -0.15) is 0 Å². The van der Waals surface area contributed by atoms with E-state index in [1.54, 1.807) is 6.92 Å². The Morgan fingerprint density at radius 2 is 2.05 bits per heavy atom. The van der Waals surface area contributed by atoms with Crippen LogP contribution in [0.1, 0.15) is 12.5 Å². The zero-order valence-corrected chi connectivity index (χ0v) is 11.4. The van der Waals surface area contributed by atoms with Crippen molar-refractivity contribution >= 4 is 22.4 Å². The highest BCUT2D eigenvalue weighted by atomic mass is 16.4. The second-order valence-electron chi connectivity index (χ2n) is 4.93. The van der Waals surface area contributed by atoms with Gasteiger partial charge in [0, 0.05) is 23.8 Å². The van der Waals surface area contributed by atoms with E-state index in [4.69, 9.17) is 0 Å². The third kappa shape index (κ3) is 2.85. The molecule has 4 nitrogen and oxygen atoms in total. The number of carbonyl (C=O) groups is 1. The molecule has 0 bridgehead atoms. The number of aliphatic carboxylic acids is 1. The Morgan fingerprint density at radius 1 is 1.32 bits per heavy atom. The van der Waals surface area contributed by atoms with E-state index >= 15 is 0 Å². The number of hydrogen-bond donors (Lipinski definition) is 2. The summed E-state index contributed by atoms with van der Waals surface area (Å²) in [6.45, 7) is 2.26. The Bertz CT molecular complexity index is 638. The Hall–Kier alpha value is -2.07. The van der Waals surface area contributed by atoms with E-state index < -0.39 is 5.97 Å². The van der Waals surface area contributed by atoms with E-state index in [1.807, 2.05) is 49.5 Å². The highest BCUT2D eigenvalue weighted by Crippen LogP contribution is 2.24. The standard InChI is InChI=1S/C15H18N2O2/c1-10(15(18)19)13(9-17(2)3)11-4-5-14-12(8-11)6-7-16-14/h4-8,16H,9H2,1-3H3,(H,18,19). The summed E-state index contributed by atoms with van der Waals surface area (Å²) in [7, 11) is 3.87. The van der Waals surface area contributed by atoms with E-state index in [2.05, 4.69) is 4.98 Å². The van der Waals surface area contributed by atoms with E-state index in [0.717, 1.165) is 22.0 Å². The van der Waals surface area contributed by atoms with Crippen LogP contribution in [-0.4, -0.2) is 41.6 Å². The van der Waals surface area contributed by atoms with Crippen molar-refractivity contribution < 1.29 is 9.90 Å². The monoisotopic (exact) mass is 258 g/mol. The van der Waals surface area contributed by atoms with Gasteiger partial charge in [-0.15, -0.1) is 0 Å². The molecule has 0 spiro atoms. The zero-order chi connectivity index (χ0) is 14.0. The van der Waals surface area contributed by atoms with Gasteiger partial charge in [-0.05, 0) is 55.7 Å². The summed E-state index contributed by atoms with van der Waals surface area (Å²) < 4.78 is 0. The van der Waals surface area contributed by atoms with Gasteiger partial charge < -0.3 is 15.0 Å². The number of nitrogens with zero attached hydrogens (tertiary/aromatic N) is 1. The van der Waals surface area contributed by atoms with Crippen LogP contribution < -0.4 is 0 Å². The second-order valence-corrected chi connectivity index (χ2v) is 4.93.